The van der Waals surface area contributed by atoms with Crippen LogP contribution in [0.3, 0.4) is 0 Å². The van der Waals surface area contributed by atoms with Crippen LogP contribution in [0.1, 0.15) is 17.8 Å². The molecule has 26 heavy (non-hydrogen) atoms. The molecule has 0 unspecified atom stereocenters. The Balaban J connectivity index is 1.63. The molecule has 7 nitrogen and oxygen atoms in total. The maximum Gasteiger partial charge on any atom is 0.389 e. The molecular weight excluding hydrogens is 347 g/mol. The highest BCUT2D eigenvalue weighted by atomic mass is 19.4. The van der Waals surface area contributed by atoms with E-state index in [1.807, 2.05) is 17.9 Å². The second kappa shape index (κ2) is 7.30. The average molecular weight is 367 g/mol. The fourth-order valence-electron chi connectivity index (χ4n) is 2.82. The van der Waals surface area contributed by atoms with Crippen molar-refractivity contribution in [2.45, 2.75) is 25.9 Å². The van der Waals surface area contributed by atoms with Crippen molar-refractivity contribution in [1.82, 2.24) is 19.9 Å². The van der Waals surface area contributed by atoms with E-state index in [0.717, 1.165) is 11.5 Å². The predicted molar refractivity (Wildman–Crippen MR) is 92.0 cm³/mol. The van der Waals surface area contributed by atoms with Gasteiger partial charge in [-0.15, -0.1) is 0 Å². The first kappa shape index (κ1) is 18.2. The first-order valence-electron chi connectivity index (χ1n) is 8.30. The normalized spacial score (nSPS) is 15.4. The summed E-state index contributed by atoms with van der Waals surface area (Å²) in [5.74, 6) is 1.47. The van der Waals surface area contributed by atoms with E-state index in [4.69, 9.17) is 5.73 Å². The van der Waals surface area contributed by atoms with Gasteiger partial charge in [-0.25, -0.2) is 15.0 Å². The van der Waals surface area contributed by atoms with Gasteiger partial charge in [0.1, 0.15) is 5.82 Å². The van der Waals surface area contributed by atoms with Gasteiger partial charge < -0.3 is 15.5 Å². The molecule has 3 heterocycles. The molecule has 0 amide bonds. The smallest absolute Gasteiger partial charge is 0.368 e. The Kier molecular flexibility index (Phi) is 5.10. The lowest BCUT2D eigenvalue weighted by Crippen LogP contribution is -2.47. The van der Waals surface area contributed by atoms with Crippen LogP contribution in [0.2, 0.25) is 0 Å². The van der Waals surface area contributed by atoms with Crippen LogP contribution in [0, 0.1) is 6.92 Å². The monoisotopic (exact) mass is 367 g/mol. The molecule has 1 fully saturated rings. The van der Waals surface area contributed by atoms with Crippen LogP contribution in [0.4, 0.5) is 30.9 Å². The zero-order valence-electron chi connectivity index (χ0n) is 14.4. The first-order valence-corrected chi connectivity index (χ1v) is 8.30. The number of aryl methyl sites for hydroxylation is 2. The third-order valence-corrected chi connectivity index (χ3v) is 4.11. The predicted octanol–water partition coefficient (Wildman–Crippen LogP) is 1.98. The lowest BCUT2D eigenvalue weighted by atomic mass is 10.2. The topological polar surface area (TPSA) is 84.1 Å². The van der Waals surface area contributed by atoms with Gasteiger partial charge in [0.2, 0.25) is 11.9 Å². The zero-order valence-corrected chi connectivity index (χ0v) is 14.4. The van der Waals surface area contributed by atoms with Crippen molar-refractivity contribution < 1.29 is 13.2 Å². The minimum absolute atomic E-state index is 0.140. The summed E-state index contributed by atoms with van der Waals surface area (Å²) in [5, 5.41) is 0. The molecule has 1 aliphatic heterocycles. The molecule has 2 N–H and O–H groups in total. The van der Waals surface area contributed by atoms with Crippen molar-refractivity contribution in [2.75, 3.05) is 41.7 Å². The molecule has 0 aromatic carbocycles. The van der Waals surface area contributed by atoms with E-state index in [2.05, 4.69) is 24.8 Å². The zero-order chi connectivity index (χ0) is 18.7. The van der Waals surface area contributed by atoms with E-state index in [-0.39, 0.29) is 12.4 Å². The van der Waals surface area contributed by atoms with Gasteiger partial charge >= 0.3 is 6.18 Å². The van der Waals surface area contributed by atoms with Crippen molar-refractivity contribution in [2.24, 2.45) is 0 Å². The van der Waals surface area contributed by atoms with Gasteiger partial charge in [0.15, 0.2) is 0 Å². The molecule has 0 spiro atoms. The third kappa shape index (κ3) is 4.70. The number of nitrogen functional groups attached to an aromatic ring is 1. The number of piperazine rings is 1. The van der Waals surface area contributed by atoms with Gasteiger partial charge in [-0.1, -0.05) is 0 Å². The first-order chi connectivity index (χ1) is 12.3. The van der Waals surface area contributed by atoms with Crippen molar-refractivity contribution >= 4 is 17.7 Å². The summed E-state index contributed by atoms with van der Waals surface area (Å²) in [4.78, 5) is 20.9. The highest BCUT2D eigenvalue weighted by Gasteiger charge is 2.27. The molecule has 0 aliphatic carbocycles. The van der Waals surface area contributed by atoms with Crippen molar-refractivity contribution in [3.63, 3.8) is 0 Å². The maximum absolute atomic E-state index is 12.4. The molecule has 3 rings (SSSR count). The number of aromatic nitrogens is 4. The molecule has 10 heteroatoms. The van der Waals surface area contributed by atoms with Crippen LogP contribution in [0.15, 0.2) is 18.3 Å². The minimum atomic E-state index is -4.19. The lowest BCUT2D eigenvalue weighted by Gasteiger charge is -2.35. The van der Waals surface area contributed by atoms with Gasteiger partial charge in [0.25, 0.3) is 0 Å². The van der Waals surface area contributed by atoms with Crippen molar-refractivity contribution in [1.29, 1.82) is 0 Å². The summed E-state index contributed by atoms with van der Waals surface area (Å²) in [6.07, 6.45) is -3.70. The molecule has 140 valence electrons. The van der Waals surface area contributed by atoms with Crippen LogP contribution in [-0.2, 0) is 6.42 Å². The van der Waals surface area contributed by atoms with E-state index in [0.29, 0.717) is 37.8 Å². The number of rotatable bonds is 4. The van der Waals surface area contributed by atoms with E-state index in [1.54, 1.807) is 0 Å². The Labute approximate surface area is 149 Å². The lowest BCUT2D eigenvalue weighted by molar-refractivity contribution is -0.134. The molecule has 0 atom stereocenters. The summed E-state index contributed by atoms with van der Waals surface area (Å²) < 4.78 is 37.1. The summed E-state index contributed by atoms with van der Waals surface area (Å²) in [5.41, 5.74) is 6.90. The SMILES string of the molecule is Cc1cc(N2CCN(c3nccc(CCC(F)(F)F)n3)CC2)nc(N)n1. The largest absolute Gasteiger partial charge is 0.389 e. The van der Waals surface area contributed by atoms with Gasteiger partial charge in [0, 0.05) is 56.3 Å². The van der Waals surface area contributed by atoms with E-state index in [1.165, 1.54) is 12.3 Å². The molecule has 2 aromatic rings. The number of nitrogens with zero attached hydrogens (tertiary/aromatic N) is 6. The Hall–Kier alpha value is -2.65. The minimum Gasteiger partial charge on any atom is -0.368 e. The third-order valence-electron chi connectivity index (χ3n) is 4.11. The second-order valence-corrected chi connectivity index (χ2v) is 6.16. The molecule has 0 radical (unpaired) electrons. The molecule has 2 aromatic heterocycles. The number of halogens is 3. The van der Waals surface area contributed by atoms with Gasteiger partial charge in [0.05, 0.1) is 0 Å². The Morgan fingerprint density at radius 2 is 1.77 bits per heavy atom. The number of alkyl halides is 3. The van der Waals surface area contributed by atoms with Gasteiger partial charge in [-0.05, 0) is 19.4 Å². The van der Waals surface area contributed by atoms with Crippen LogP contribution in [0.5, 0.6) is 0 Å². The Bertz CT molecular complexity index is 737. The van der Waals surface area contributed by atoms with E-state index < -0.39 is 12.6 Å². The maximum atomic E-state index is 12.4. The molecule has 1 saturated heterocycles. The van der Waals surface area contributed by atoms with E-state index >= 15 is 0 Å². The standard InChI is InChI=1S/C16H20F3N7/c1-11-10-13(24-14(20)22-11)25-6-8-26(9-7-25)15-21-5-3-12(23-15)2-4-16(17,18)19/h3,5,10H,2,4,6-9H2,1H3,(H2,20,22,24). The van der Waals surface area contributed by atoms with Crippen molar-refractivity contribution in [3.8, 4) is 0 Å². The number of anilines is 3. The van der Waals surface area contributed by atoms with Crippen LogP contribution in [0.25, 0.3) is 0 Å². The number of hydrogen-bond acceptors (Lipinski definition) is 7. The van der Waals surface area contributed by atoms with Gasteiger partial charge in [-0.3, -0.25) is 0 Å². The van der Waals surface area contributed by atoms with E-state index in [9.17, 15) is 13.2 Å². The molecule has 0 saturated carbocycles. The van der Waals surface area contributed by atoms with Crippen LogP contribution >= 0.6 is 0 Å². The summed E-state index contributed by atoms with van der Waals surface area (Å²) in [6.45, 7) is 4.52. The summed E-state index contributed by atoms with van der Waals surface area (Å²) >= 11 is 0. The molecule has 0 bridgehead atoms. The highest BCUT2D eigenvalue weighted by molar-refractivity contribution is 5.45. The second-order valence-electron chi connectivity index (χ2n) is 6.16. The fraction of sp³-hybridized carbons (Fsp3) is 0.500. The number of hydrogen-bond donors (Lipinski definition) is 1. The molecular formula is C16H20F3N7. The average Bonchev–Trinajstić information content (AvgIpc) is 2.59. The van der Waals surface area contributed by atoms with Crippen molar-refractivity contribution in [3.05, 3.63) is 29.7 Å². The Morgan fingerprint density at radius 1 is 1.08 bits per heavy atom. The van der Waals surface area contributed by atoms with Gasteiger partial charge in [-0.2, -0.15) is 18.2 Å². The Morgan fingerprint density at radius 3 is 2.42 bits per heavy atom. The van der Waals surface area contributed by atoms with Crippen LogP contribution in [-0.4, -0.2) is 52.3 Å². The fourth-order valence-corrected chi connectivity index (χ4v) is 2.82. The summed E-state index contributed by atoms with van der Waals surface area (Å²) in [7, 11) is 0. The molecule has 1 aliphatic rings. The highest BCUT2D eigenvalue weighted by Crippen LogP contribution is 2.22. The number of nitrogens with two attached hydrogens (primary N) is 1. The van der Waals surface area contributed by atoms with Crippen LogP contribution < -0.4 is 15.5 Å². The quantitative estimate of drug-likeness (QED) is 0.884. The summed E-state index contributed by atoms with van der Waals surface area (Å²) in [6, 6.07) is 3.40.